The molecule has 0 radical (unpaired) electrons. The van der Waals surface area contributed by atoms with Gasteiger partial charge >= 0.3 is 5.97 Å². The minimum Gasteiger partial charge on any atom is -0.478 e. The van der Waals surface area contributed by atoms with E-state index in [1.54, 1.807) is 12.2 Å². The Hall–Kier alpha value is -2.61. The number of carbonyl (C=O) groups is 1. The van der Waals surface area contributed by atoms with Crippen molar-refractivity contribution in [3.05, 3.63) is 95.6 Å². The first kappa shape index (κ1) is 16.8. The normalized spacial score (nSPS) is 12.1. The third-order valence-electron chi connectivity index (χ3n) is 3.78. The van der Waals surface area contributed by atoms with Crippen LogP contribution in [0.15, 0.2) is 78.9 Å². The maximum absolute atomic E-state index is 10.5. The van der Waals surface area contributed by atoms with Crippen molar-refractivity contribution >= 4 is 5.97 Å². The van der Waals surface area contributed by atoms with Gasteiger partial charge in [-0.2, -0.15) is 0 Å². The van der Waals surface area contributed by atoms with Gasteiger partial charge in [0.05, 0.1) is 0 Å². The van der Waals surface area contributed by atoms with Gasteiger partial charge in [0.15, 0.2) is 0 Å². The number of carboxylic acids is 1. The summed E-state index contributed by atoms with van der Waals surface area (Å²) < 4.78 is 0. The van der Waals surface area contributed by atoms with Crippen molar-refractivity contribution in [1.82, 2.24) is 0 Å². The Labute approximate surface area is 137 Å². The van der Waals surface area contributed by atoms with E-state index >= 15 is 0 Å². The molecule has 0 fully saturated rings. The molecule has 2 nitrogen and oxygen atoms in total. The van der Waals surface area contributed by atoms with Crippen molar-refractivity contribution in [2.75, 3.05) is 0 Å². The molecule has 2 rings (SSSR count). The molecule has 0 aliphatic heterocycles. The highest BCUT2D eigenvalue weighted by Crippen LogP contribution is 2.26. The molecule has 0 bridgehead atoms. The fraction of sp³-hybridized carbons (Fsp3) is 0.190. The highest BCUT2D eigenvalue weighted by Gasteiger charge is 2.16. The summed E-state index contributed by atoms with van der Waals surface area (Å²) in [4.78, 5) is 10.5. The van der Waals surface area contributed by atoms with Crippen LogP contribution in [0.1, 0.15) is 30.5 Å². The van der Waals surface area contributed by atoms with E-state index in [0.717, 1.165) is 12.5 Å². The van der Waals surface area contributed by atoms with Crippen LogP contribution in [0.5, 0.6) is 0 Å². The topological polar surface area (TPSA) is 37.3 Å². The van der Waals surface area contributed by atoms with E-state index in [1.807, 2.05) is 12.1 Å². The number of aliphatic carboxylic acids is 1. The summed E-state index contributed by atoms with van der Waals surface area (Å²) in [5, 5.41) is 8.62. The van der Waals surface area contributed by atoms with E-state index in [2.05, 4.69) is 62.4 Å². The molecule has 0 unspecified atom stereocenters. The lowest BCUT2D eigenvalue weighted by atomic mass is 9.83. The Morgan fingerprint density at radius 2 is 1.70 bits per heavy atom. The standard InChI is InChI=1S/C21H22O2/c1-21(2,14-7-6-13-20(22)23)19-12-8-11-18(16-19)15-17-9-4-3-5-10-17/h3-14,16H,15H2,1-2H3,(H,22,23)/b13-6+,14-7+. The fourth-order valence-electron chi connectivity index (χ4n) is 2.44. The number of allylic oxidation sites excluding steroid dienone is 3. The van der Waals surface area contributed by atoms with Gasteiger partial charge in [-0.15, -0.1) is 0 Å². The zero-order chi connectivity index (χ0) is 16.7. The quantitative estimate of drug-likeness (QED) is 0.617. The summed E-state index contributed by atoms with van der Waals surface area (Å²) in [5.74, 6) is -0.933. The lowest BCUT2D eigenvalue weighted by Crippen LogP contribution is -2.13. The highest BCUT2D eigenvalue weighted by molar-refractivity contribution is 5.80. The van der Waals surface area contributed by atoms with Crippen LogP contribution in [-0.2, 0) is 16.6 Å². The molecule has 23 heavy (non-hydrogen) atoms. The van der Waals surface area contributed by atoms with E-state index in [-0.39, 0.29) is 5.41 Å². The van der Waals surface area contributed by atoms with Crippen molar-refractivity contribution in [2.24, 2.45) is 0 Å². The molecule has 0 aliphatic rings. The van der Waals surface area contributed by atoms with Crippen molar-refractivity contribution in [3.63, 3.8) is 0 Å². The largest absolute Gasteiger partial charge is 0.478 e. The van der Waals surface area contributed by atoms with Crippen LogP contribution in [0.3, 0.4) is 0 Å². The van der Waals surface area contributed by atoms with Gasteiger partial charge in [-0.3, -0.25) is 0 Å². The summed E-state index contributed by atoms with van der Waals surface area (Å²) in [6.45, 7) is 4.25. The molecule has 2 aromatic rings. The third kappa shape index (κ3) is 5.26. The lowest BCUT2D eigenvalue weighted by molar-refractivity contribution is -0.131. The summed E-state index contributed by atoms with van der Waals surface area (Å²) in [5.41, 5.74) is 3.62. The van der Waals surface area contributed by atoms with Gasteiger partial charge in [-0.1, -0.05) is 86.7 Å². The zero-order valence-electron chi connectivity index (χ0n) is 13.6. The van der Waals surface area contributed by atoms with Crippen LogP contribution < -0.4 is 0 Å². The van der Waals surface area contributed by atoms with Gasteiger partial charge < -0.3 is 5.11 Å². The Balaban J connectivity index is 2.16. The third-order valence-corrected chi connectivity index (χ3v) is 3.78. The predicted octanol–water partition coefficient (Wildman–Crippen LogP) is 4.75. The first-order chi connectivity index (χ1) is 11.0. The number of hydrogen-bond donors (Lipinski definition) is 1. The van der Waals surface area contributed by atoms with Gasteiger partial charge in [0.1, 0.15) is 0 Å². The van der Waals surface area contributed by atoms with E-state index in [9.17, 15) is 4.79 Å². The number of benzene rings is 2. The fourth-order valence-corrected chi connectivity index (χ4v) is 2.44. The maximum Gasteiger partial charge on any atom is 0.328 e. The summed E-state index contributed by atoms with van der Waals surface area (Å²) in [7, 11) is 0. The lowest BCUT2D eigenvalue weighted by Gasteiger charge is -2.21. The van der Waals surface area contributed by atoms with Gasteiger partial charge in [0, 0.05) is 11.5 Å². The smallest absolute Gasteiger partial charge is 0.328 e. The van der Waals surface area contributed by atoms with Crippen molar-refractivity contribution < 1.29 is 9.90 Å². The van der Waals surface area contributed by atoms with Gasteiger partial charge in [-0.05, 0) is 23.1 Å². The Morgan fingerprint density at radius 1 is 1.00 bits per heavy atom. The van der Waals surface area contributed by atoms with Crippen molar-refractivity contribution in [3.8, 4) is 0 Å². The Kier molecular flexibility index (Phi) is 5.53. The molecule has 0 saturated heterocycles. The zero-order valence-corrected chi connectivity index (χ0v) is 13.6. The number of rotatable bonds is 6. The molecule has 118 valence electrons. The molecular formula is C21H22O2. The molecule has 0 aliphatic carbocycles. The molecule has 2 aromatic carbocycles. The first-order valence-electron chi connectivity index (χ1n) is 7.69. The van der Waals surface area contributed by atoms with Crippen LogP contribution in [0.25, 0.3) is 0 Å². The monoisotopic (exact) mass is 306 g/mol. The minimum atomic E-state index is -0.933. The Morgan fingerprint density at radius 3 is 2.39 bits per heavy atom. The van der Waals surface area contributed by atoms with Crippen LogP contribution in [0.4, 0.5) is 0 Å². The second-order valence-corrected chi connectivity index (χ2v) is 6.14. The van der Waals surface area contributed by atoms with Gasteiger partial charge in [0.2, 0.25) is 0 Å². The molecular weight excluding hydrogens is 284 g/mol. The molecule has 0 aromatic heterocycles. The van der Waals surface area contributed by atoms with E-state index in [4.69, 9.17) is 5.11 Å². The van der Waals surface area contributed by atoms with Crippen LogP contribution in [-0.4, -0.2) is 11.1 Å². The van der Waals surface area contributed by atoms with Gasteiger partial charge in [-0.25, -0.2) is 4.79 Å². The Bertz CT molecular complexity index is 710. The predicted molar refractivity (Wildman–Crippen MR) is 94.6 cm³/mol. The molecule has 0 spiro atoms. The number of carboxylic acid groups (broad SMARTS) is 1. The summed E-state index contributed by atoms with van der Waals surface area (Å²) in [6, 6.07) is 19.0. The van der Waals surface area contributed by atoms with Crippen LogP contribution >= 0.6 is 0 Å². The van der Waals surface area contributed by atoms with Crippen molar-refractivity contribution in [2.45, 2.75) is 25.7 Å². The van der Waals surface area contributed by atoms with Crippen LogP contribution in [0, 0.1) is 0 Å². The molecule has 0 atom stereocenters. The maximum atomic E-state index is 10.5. The van der Waals surface area contributed by atoms with Gasteiger partial charge in [0.25, 0.3) is 0 Å². The van der Waals surface area contributed by atoms with E-state index < -0.39 is 5.97 Å². The van der Waals surface area contributed by atoms with Crippen molar-refractivity contribution in [1.29, 1.82) is 0 Å². The first-order valence-corrected chi connectivity index (χ1v) is 7.69. The average Bonchev–Trinajstić information content (AvgIpc) is 2.53. The van der Waals surface area contributed by atoms with E-state index in [0.29, 0.717) is 0 Å². The SMILES string of the molecule is CC(C)(/C=C/C=C/C(=O)O)c1cccc(Cc2ccccc2)c1. The molecule has 1 N–H and O–H groups in total. The average molecular weight is 306 g/mol. The second-order valence-electron chi connectivity index (χ2n) is 6.14. The molecule has 0 saturated carbocycles. The van der Waals surface area contributed by atoms with E-state index in [1.165, 1.54) is 16.7 Å². The molecule has 0 amide bonds. The minimum absolute atomic E-state index is 0.157. The number of hydrogen-bond acceptors (Lipinski definition) is 1. The highest BCUT2D eigenvalue weighted by atomic mass is 16.4. The summed E-state index contributed by atoms with van der Waals surface area (Å²) in [6.07, 6.45) is 7.41. The molecule has 2 heteroatoms. The summed E-state index contributed by atoms with van der Waals surface area (Å²) >= 11 is 0. The second kappa shape index (κ2) is 7.59. The van der Waals surface area contributed by atoms with Crippen LogP contribution in [0.2, 0.25) is 0 Å². The molecule has 0 heterocycles.